The molecule has 2 fully saturated rings. The largest absolute Gasteiger partial charge is 0.497 e. The fraction of sp³-hybridized carbons (Fsp3) is 0.600. The number of methoxy groups -OCH3 is 2. The van der Waals surface area contributed by atoms with Crippen LogP contribution in [0.4, 0.5) is 0 Å². The van der Waals surface area contributed by atoms with Crippen molar-refractivity contribution in [3.05, 3.63) is 18.2 Å². The molecule has 0 spiro atoms. The smallest absolute Gasteiger partial charge is 0.165 e. The number of nitrogens with zero attached hydrogens (tertiary/aromatic N) is 1. The van der Waals surface area contributed by atoms with Crippen molar-refractivity contribution in [1.82, 2.24) is 4.90 Å². The maximum absolute atomic E-state index is 6.35. The van der Waals surface area contributed by atoms with Gasteiger partial charge in [0.2, 0.25) is 0 Å². The molecular formula is C15H21NO3. The summed E-state index contributed by atoms with van der Waals surface area (Å²) in [5, 5.41) is 0. The van der Waals surface area contributed by atoms with Crippen LogP contribution in [0.15, 0.2) is 18.2 Å². The Morgan fingerprint density at radius 2 is 1.95 bits per heavy atom. The summed E-state index contributed by atoms with van der Waals surface area (Å²) in [6.45, 7) is 3.39. The van der Waals surface area contributed by atoms with Gasteiger partial charge in [-0.1, -0.05) is 0 Å². The van der Waals surface area contributed by atoms with Crippen LogP contribution in [0.1, 0.15) is 19.3 Å². The van der Waals surface area contributed by atoms with Crippen molar-refractivity contribution in [3.8, 4) is 17.2 Å². The van der Waals surface area contributed by atoms with Gasteiger partial charge >= 0.3 is 0 Å². The second-order valence-electron chi connectivity index (χ2n) is 5.43. The number of hydrogen-bond acceptors (Lipinski definition) is 4. The van der Waals surface area contributed by atoms with Gasteiger partial charge < -0.3 is 14.2 Å². The molecule has 0 N–H and O–H groups in total. The van der Waals surface area contributed by atoms with E-state index in [1.165, 1.54) is 13.0 Å². The lowest BCUT2D eigenvalue weighted by Gasteiger charge is -2.34. The number of benzene rings is 1. The molecule has 0 aliphatic carbocycles. The molecule has 2 aliphatic rings. The summed E-state index contributed by atoms with van der Waals surface area (Å²) in [6, 6.07) is 5.72. The normalized spacial score (nSPS) is 29.1. The van der Waals surface area contributed by atoms with E-state index in [-0.39, 0.29) is 5.60 Å². The van der Waals surface area contributed by atoms with Crippen LogP contribution in [0.5, 0.6) is 17.2 Å². The first kappa shape index (κ1) is 12.6. The number of hydrogen-bond donors (Lipinski definition) is 0. The molecule has 0 radical (unpaired) electrons. The third-order valence-corrected chi connectivity index (χ3v) is 4.20. The molecule has 0 amide bonds. The Kier molecular flexibility index (Phi) is 3.27. The third-order valence-electron chi connectivity index (χ3n) is 4.20. The third kappa shape index (κ3) is 2.37. The molecule has 2 heterocycles. The second kappa shape index (κ2) is 4.93. The van der Waals surface area contributed by atoms with E-state index in [9.17, 15) is 0 Å². The maximum Gasteiger partial charge on any atom is 0.165 e. The summed E-state index contributed by atoms with van der Waals surface area (Å²) in [7, 11) is 3.34. The van der Waals surface area contributed by atoms with Crippen LogP contribution >= 0.6 is 0 Å². The highest BCUT2D eigenvalue weighted by molar-refractivity contribution is 5.46. The Morgan fingerprint density at radius 3 is 2.74 bits per heavy atom. The fourth-order valence-electron chi connectivity index (χ4n) is 3.18. The minimum Gasteiger partial charge on any atom is -0.497 e. The quantitative estimate of drug-likeness (QED) is 0.834. The summed E-state index contributed by atoms with van der Waals surface area (Å²) >= 11 is 0. The summed E-state index contributed by atoms with van der Waals surface area (Å²) in [5.41, 5.74) is -0.0299. The number of ether oxygens (including phenoxy) is 3. The van der Waals surface area contributed by atoms with E-state index in [1.54, 1.807) is 14.2 Å². The summed E-state index contributed by atoms with van der Waals surface area (Å²) in [6.07, 6.45) is 3.45. The van der Waals surface area contributed by atoms with Gasteiger partial charge in [0.1, 0.15) is 11.4 Å². The molecule has 19 heavy (non-hydrogen) atoms. The van der Waals surface area contributed by atoms with Gasteiger partial charge in [0.25, 0.3) is 0 Å². The van der Waals surface area contributed by atoms with E-state index in [4.69, 9.17) is 14.2 Å². The summed E-state index contributed by atoms with van der Waals surface area (Å²) in [4.78, 5) is 2.48. The van der Waals surface area contributed by atoms with Crippen molar-refractivity contribution < 1.29 is 14.2 Å². The van der Waals surface area contributed by atoms with Crippen LogP contribution in [0.25, 0.3) is 0 Å². The predicted octanol–water partition coefficient (Wildman–Crippen LogP) is 2.32. The van der Waals surface area contributed by atoms with Gasteiger partial charge in [0.15, 0.2) is 11.5 Å². The molecule has 2 saturated heterocycles. The van der Waals surface area contributed by atoms with Crippen molar-refractivity contribution in [2.45, 2.75) is 24.9 Å². The van der Waals surface area contributed by atoms with Crippen LogP contribution < -0.4 is 14.2 Å². The van der Waals surface area contributed by atoms with Crippen molar-refractivity contribution in [3.63, 3.8) is 0 Å². The SMILES string of the molecule is COc1ccc(OC)c(OC23CCCN(CC2)C3)c1. The zero-order chi connectivity index (χ0) is 13.3. The van der Waals surface area contributed by atoms with E-state index in [1.807, 2.05) is 18.2 Å². The van der Waals surface area contributed by atoms with Crippen molar-refractivity contribution in [2.75, 3.05) is 33.9 Å². The van der Waals surface area contributed by atoms with Crippen molar-refractivity contribution >= 4 is 0 Å². The van der Waals surface area contributed by atoms with Gasteiger partial charge in [0, 0.05) is 25.6 Å². The average Bonchev–Trinajstić information content (AvgIpc) is 2.73. The molecule has 1 aromatic rings. The van der Waals surface area contributed by atoms with Crippen LogP contribution in [0.3, 0.4) is 0 Å². The maximum atomic E-state index is 6.35. The second-order valence-corrected chi connectivity index (χ2v) is 5.43. The minimum absolute atomic E-state index is 0.0299. The van der Waals surface area contributed by atoms with Crippen molar-refractivity contribution in [2.24, 2.45) is 0 Å². The first-order chi connectivity index (χ1) is 9.24. The van der Waals surface area contributed by atoms with Crippen LogP contribution in [0.2, 0.25) is 0 Å². The fourth-order valence-corrected chi connectivity index (χ4v) is 3.18. The lowest BCUT2D eigenvalue weighted by Crippen LogP contribution is -2.43. The van der Waals surface area contributed by atoms with Gasteiger partial charge in [-0.3, -0.25) is 4.90 Å². The first-order valence-corrected chi connectivity index (χ1v) is 6.88. The highest BCUT2D eigenvalue weighted by atomic mass is 16.5. The summed E-state index contributed by atoms with van der Waals surface area (Å²) in [5.74, 6) is 2.38. The standard InChI is InChI=1S/C15H21NO3/c1-17-12-4-5-13(18-2)14(10-12)19-15-6-3-8-16(11-15)9-7-15/h4-5,10H,3,6-9,11H2,1-2H3. The Labute approximate surface area is 114 Å². The molecule has 4 heteroatoms. The molecule has 4 nitrogen and oxygen atoms in total. The predicted molar refractivity (Wildman–Crippen MR) is 73.2 cm³/mol. The molecule has 2 atom stereocenters. The van der Waals surface area contributed by atoms with Crippen molar-refractivity contribution in [1.29, 1.82) is 0 Å². The monoisotopic (exact) mass is 263 g/mol. The Balaban J connectivity index is 1.85. The van der Waals surface area contributed by atoms with Gasteiger partial charge in [-0.2, -0.15) is 0 Å². The van der Waals surface area contributed by atoms with E-state index in [0.717, 1.165) is 43.2 Å². The Hall–Kier alpha value is -1.42. The van der Waals surface area contributed by atoms with E-state index in [2.05, 4.69) is 4.90 Å². The molecule has 2 bridgehead atoms. The first-order valence-electron chi connectivity index (χ1n) is 6.88. The molecule has 2 unspecified atom stereocenters. The molecule has 3 rings (SSSR count). The minimum atomic E-state index is -0.0299. The van der Waals surface area contributed by atoms with Gasteiger partial charge in [0.05, 0.1) is 14.2 Å². The number of rotatable bonds is 4. The highest BCUT2D eigenvalue weighted by Gasteiger charge is 2.43. The lowest BCUT2D eigenvalue weighted by molar-refractivity contribution is 0.0426. The lowest BCUT2D eigenvalue weighted by atomic mass is 9.94. The van der Waals surface area contributed by atoms with E-state index in [0.29, 0.717) is 0 Å². The highest BCUT2D eigenvalue weighted by Crippen LogP contribution is 2.40. The molecule has 1 aromatic carbocycles. The Bertz CT molecular complexity index is 459. The van der Waals surface area contributed by atoms with Crippen LogP contribution in [-0.4, -0.2) is 44.4 Å². The molecule has 0 saturated carbocycles. The number of fused-ring (bicyclic) bond motifs is 2. The summed E-state index contributed by atoms with van der Waals surface area (Å²) < 4.78 is 17.0. The molecule has 104 valence electrons. The van der Waals surface area contributed by atoms with Crippen LogP contribution in [0, 0.1) is 0 Å². The Morgan fingerprint density at radius 1 is 1.05 bits per heavy atom. The van der Waals surface area contributed by atoms with E-state index < -0.39 is 0 Å². The average molecular weight is 263 g/mol. The molecular weight excluding hydrogens is 242 g/mol. The van der Waals surface area contributed by atoms with Gasteiger partial charge in [-0.25, -0.2) is 0 Å². The molecule has 0 aromatic heterocycles. The topological polar surface area (TPSA) is 30.9 Å². The zero-order valence-electron chi connectivity index (χ0n) is 11.6. The van der Waals surface area contributed by atoms with Gasteiger partial charge in [-0.05, 0) is 31.5 Å². The zero-order valence-corrected chi connectivity index (χ0v) is 11.6. The number of piperidine rings is 1. The van der Waals surface area contributed by atoms with E-state index >= 15 is 0 Å². The molecule has 2 aliphatic heterocycles. The van der Waals surface area contributed by atoms with Crippen LogP contribution in [-0.2, 0) is 0 Å². The van der Waals surface area contributed by atoms with Gasteiger partial charge in [-0.15, -0.1) is 0 Å².